The molecule has 2 saturated carbocycles. The van der Waals surface area contributed by atoms with Crippen molar-refractivity contribution in [2.24, 2.45) is 0 Å². The average Bonchev–Trinajstić information content (AvgIpc) is 2.90. The zero-order chi connectivity index (χ0) is 10.5. The molecule has 0 aromatic heterocycles. The van der Waals surface area contributed by atoms with Gasteiger partial charge in [-0.05, 0) is 63.4 Å². The van der Waals surface area contributed by atoms with Gasteiger partial charge in [0.2, 0.25) is 0 Å². The molecule has 0 unspecified atom stereocenters. The summed E-state index contributed by atoms with van der Waals surface area (Å²) in [7, 11) is 0. The van der Waals surface area contributed by atoms with Gasteiger partial charge in [-0.15, -0.1) is 0 Å². The van der Waals surface area contributed by atoms with E-state index in [-0.39, 0.29) is 6.61 Å². The van der Waals surface area contributed by atoms with E-state index in [0.717, 1.165) is 6.42 Å². The fraction of sp³-hybridized carbons (Fsp3) is 0.714. The summed E-state index contributed by atoms with van der Waals surface area (Å²) >= 11 is 0. The Bertz CT molecular complexity index is 257. The van der Waals surface area contributed by atoms with Gasteiger partial charge < -0.3 is 5.11 Å². The lowest BCUT2D eigenvalue weighted by Gasteiger charge is -2.06. The molecule has 15 heavy (non-hydrogen) atoms. The molecule has 2 aliphatic rings. The van der Waals surface area contributed by atoms with Crippen LogP contribution in [-0.4, -0.2) is 11.7 Å². The molecule has 0 atom stereocenters. The lowest BCUT2D eigenvalue weighted by molar-refractivity contribution is 0.327. The van der Waals surface area contributed by atoms with Crippen LogP contribution in [0.3, 0.4) is 0 Å². The summed E-state index contributed by atoms with van der Waals surface area (Å²) in [6.45, 7) is 0.277. The highest BCUT2D eigenvalue weighted by Crippen LogP contribution is 2.30. The van der Waals surface area contributed by atoms with Crippen molar-refractivity contribution in [3.63, 3.8) is 0 Å². The van der Waals surface area contributed by atoms with Crippen molar-refractivity contribution in [1.29, 1.82) is 0 Å². The predicted molar refractivity (Wildman–Crippen MR) is 63.7 cm³/mol. The van der Waals surface area contributed by atoms with Crippen LogP contribution in [0.4, 0.5) is 0 Å². The summed E-state index contributed by atoms with van der Waals surface area (Å²) in [6, 6.07) is 0. The molecule has 2 aliphatic carbocycles. The van der Waals surface area contributed by atoms with Crippen LogP contribution in [0.2, 0.25) is 0 Å². The van der Waals surface area contributed by atoms with E-state index in [1.165, 1.54) is 56.9 Å². The highest BCUT2D eigenvalue weighted by molar-refractivity contribution is 5.21. The molecule has 0 aromatic carbocycles. The molecule has 0 amide bonds. The minimum Gasteiger partial charge on any atom is -0.392 e. The third-order valence-corrected chi connectivity index (χ3v) is 3.78. The second-order valence-electron chi connectivity index (χ2n) is 4.85. The summed E-state index contributed by atoms with van der Waals surface area (Å²) < 4.78 is 0. The second kappa shape index (κ2) is 5.50. The maximum atomic E-state index is 9.37. The third-order valence-electron chi connectivity index (χ3n) is 3.78. The number of hydrogen-bond acceptors (Lipinski definition) is 1. The van der Waals surface area contributed by atoms with Crippen LogP contribution < -0.4 is 0 Å². The first-order chi connectivity index (χ1) is 7.40. The maximum absolute atomic E-state index is 9.37. The quantitative estimate of drug-likeness (QED) is 0.697. The number of hydrogen-bond donors (Lipinski definition) is 1. The molecule has 0 spiro atoms. The summed E-state index contributed by atoms with van der Waals surface area (Å²) in [5.41, 5.74) is 4.48. The largest absolute Gasteiger partial charge is 0.392 e. The molecule has 0 radical (unpaired) electrons. The van der Waals surface area contributed by atoms with Crippen LogP contribution in [-0.2, 0) is 0 Å². The van der Waals surface area contributed by atoms with E-state index in [1.54, 1.807) is 11.1 Å². The zero-order valence-corrected chi connectivity index (χ0v) is 9.60. The van der Waals surface area contributed by atoms with E-state index in [4.69, 9.17) is 0 Å². The lowest BCUT2D eigenvalue weighted by Crippen LogP contribution is -1.94. The number of aliphatic hydroxyl groups is 1. The lowest BCUT2D eigenvalue weighted by atomic mass is 10.0. The Kier molecular flexibility index (Phi) is 4.01. The normalized spacial score (nSPS) is 21.1. The molecule has 0 saturated heterocycles. The Morgan fingerprint density at radius 3 is 2.20 bits per heavy atom. The van der Waals surface area contributed by atoms with E-state index in [0.29, 0.717) is 0 Å². The molecule has 1 nitrogen and oxygen atoms in total. The molecule has 2 rings (SSSR count). The first kappa shape index (κ1) is 10.9. The molecule has 1 heteroatoms. The Morgan fingerprint density at radius 1 is 1.00 bits per heavy atom. The van der Waals surface area contributed by atoms with Crippen molar-refractivity contribution < 1.29 is 5.11 Å². The SMILES string of the molecule is OCC(CC=C1CCCC1)=C1CCCC1. The second-order valence-corrected chi connectivity index (χ2v) is 4.85. The van der Waals surface area contributed by atoms with E-state index in [9.17, 15) is 5.11 Å². The van der Waals surface area contributed by atoms with Gasteiger partial charge in [-0.25, -0.2) is 0 Å². The molecule has 0 aliphatic heterocycles. The van der Waals surface area contributed by atoms with Gasteiger partial charge in [0.15, 0.2) is 0 Å². The van der Waals surface area contributed by atoms with Gasteiger partial charge in [0.1, 0.15) is 0 Å². The van der Waals surface area contributed by atoms with Gasteiger partial charge in [-0.2, -0.15) is 0 Å². The summed E-state index contributed by atoms with van der Waals surface area (Å²) in [4.78, 5) is 0. The Hall–Kier alpha value is -0.560. The zero-order valence-electron chi connectivity index (χ0n) is 9.60. The van der Waals surface area contributed by atoms with E-state index < -0.39 is 0 Å². The molecule has 0 heterocycles. The van der Waals surface area contributed by atoms with Crippen molar-refractivity contribution in [2.75, 3.05) is 6.61 Å². The molecular weight excluding hydrogens is 184 g/mol. The van der Waals surface area contributed by atoms with E-state index in [1.807, 2.05) is 0 Å². The van der Waals surface area contributed by atoms with Crippen molar-refractivity contribution in [2.45, 2.75) is 57.8 Å². The summed E-state index contributed by atoms with van der Waals surface area (Å²) in [5.74, 6) is 0. The Morgan fingerprint density at radius 2 is 1.60 bits per heavy atom. The topological polar surface area (TPSA) is 20.2 Å². The first-order valence-electron chi connectivity index (χ1n) is 6.38. The monoisotopic (exact) mass is 206 g/mol. The maximum Gasteiger partial charge on any atom is 0.0647 e. The van der Waals surface area contributed by atoms with Gasteiger partial charge in [0.25, 0.3) is 0 Å². The standard InChI is InChI=1S/C14H22O/c15-11-14(13-7-3-4-8-13)10-9-12-5-1-2-6-12/h9,15H,1-8,10-11H2. The summed E-state index contributed by atoms with van der Waals surface area (Å²) in [6.07, 6.45) is 13.9. The molecule has 0 aromatic rings. The Labute approximate surface area is 92.9 Å². The molecule has 0 bridgehead atoms. The van der Waals surface area contributed by atoms with E-state index in [2.05, 4.69) is 6.08 Å². The van der Waals surface area contributed by atoms with Crippen LogP contribution in [0.25, 0.3) is 0 Å². The van der Waals surface area contributed by atoms with Crippen molar-refractivity contribution >= 4 is 0 Å². The Balaban J connectivity index is 1.95. The van der Waals surface area contributed by atoms with Gasteiger partial charge in [-0.1, -0.05) is 17.2 Å². The van der Waals surface area contributed by atoms with Gasteiger partial charge in [-0.3, -0.25) is 0 Å². The molecular formula is C14H22O. The van der Waals surface area contributed by atoms with Crippen molar-refractivity contribution in [3.8, 4) is 0 Å². The van der Waals surface area contributed by atoms with Crippen molar-refractivity contribution in [3.05, 3.63) is 22.8 Å². The average molecular weight is 206 g/mol. The van der Waals surface area contributed by atoms with Gasteiger partial charge in [0.05, 0.1) is 6.61 Å². The summed E-state index contributed by atoms with van der Waals surface area (Å²) in [5, 5.41) is 9.37. The number of rotatable bonds is 3. The number of aliphatic hydroxyl groups excluding tert-OH is 1. The molecule has 1 N–H and O–H groups in total. The minimum absolute atomic E-state index is 0.277. The van der Waals surface area contributed by atoms with Crippen LogP contribution in [0, 0.1) is 0 Å². The van der Waals surface area contributed by atoms with Crippen LogP contribution >= 0.6 is 0 Å². The fourth-order valence-corrected chi connectivity index (χ4v) is 2.78. The number of allylic oxidation sites excluding steroid dienone is 3. The van der Waals surface area contributed by atoms with Gasteiger partial charge in [0, 0.05) is 0 Å². The highest BCUT2D eigenvalue weighted by Gasteiger charge is 2.12. The van der Waals surface area contributed by atoms with Crippen molar-refractivity contribution in [1.82, 2.24) is 0 Å². The highest BCUT2D eigenvalue weighted by atomic mass is 16.3. The fourth-order valence-electron chi connectivity index (χ4n) is 2.78. The molecule has 2 fully saturated rings. The first-order valence-corrected chi connectivity index (χ1v) is 6.38. The molecule has 84 valence electrons. The third kappa shape index (κ3) is 2.94. The van der Waals surface area contributed by atoms with E-state index >= 15 is 0 Å². The minimum atomic E-state index is 0.277. The van der Waals surface area contributed by atoms with Crippen LogP contribution in [0.5, 0.6) is 0 Å². The smallest absolute Gasteiger partial charge is 0.0647 e. The van der Waals surface area contributed by atoms with Crippen LogP contribution in [0.1, 0.15) is 57.8 Å². The predicted octanol–water partition coefficient (Wildman–Crippen LogP) is 3.74. The van der Waals surface area contributed by atoms with Crippen LogP contribution in [0.15, 0.2) is 22.8 Å². The van der Waals surface area contributed by atoms with Gasteiger partial charge >= 0.3 is 0 Å².